The summed E-state index contributed by atoms with van der Waals surface area (Å²) in [6.45, 7) is 7.41. The Bertz CT molecular complexity index is 1060. The minimum absolute atomic E-state index is 0.0268. The highest BCUT2D eigenvalue weighted by molar-refractivity contribution is 7.89. The van der Waals surface area contributed by atoms with Gasteiger partial charge in [0.05, 0.1) is 22.2 Å². The molecule has 1 fully saturated rings. The Balaban J connectivity index is 1.52. The molecule has 0 atom stereocenters. The van der Waals surface area contributed by atoms with Crippen molar-refractivity contribution < 1.29 is 22.8 Å². The third kappa shape index (κ3) is 6.98. The molecule has 1 aliphatic rings. The van der Waals surface area contributed by atoms with Crippen LogP contribution in [0.15, 0.2) is 18.5 Å². The second-order valence-corrected chi connectivity index (χ2v) is 17.7. The first-order chi connectivity index (χ1) is 15.5. The lowest BCUT2D eigenvalue weighted by molar-refractivity contribution is -0.386. The van der Waals surface area contributed by atoms with Crippen LogP contribution in [0.25, 0.3) is 11.0 Å². The average Bonchev–Trinajstić information content (AvgIpc) is 3.21. The number of sulfonamides is 1. The van der Waals surface area contributed by atoms with Gasteiger partial charge in [0.2, 0.25) is 15.8 Å². The monoisotopic (exact) mass is 498 g/mol. The fraction of sp³-hybridized carbons (Fsp3) is 0.667. The smallest absolute Gasteiger partial charge is 0.329 e. The number of ether oxygens (including phenoxy) is 2. The molecule has 0 unspecified atom stereocenters. The first kappa shape index (κ1) is 25.6. The predicted octanol–water partition coefficient (Wildman–Crippen LogP) is 3.98. The fourth-order valence-electron chi connectivity index (χ4n) is 3.89. The van der Waals surface area contributed by atoms with Gasteiger partial charge in [-0.05, 0) is 43.7 Å². The third-order valence-corrected chi connectivity index (χ3v) is 9.64. The summed E-state index contributed by atoms with van der Waals surface area (Å²) in [6.07, 6.45) is 5.32. The molecule has 33 heavy (non-hydrogen) atoms. The Labute approximate surface area is 195 Å². The largest absolute Gasteiger partial charge is 0.483 e. The number of nitro groups is 1. The van der Waals surface area contributed by atoms with Crippen molar-refractivity contribution in [1.29, 1.82) is 0 Å². The van der Waals surface area contributed by atoms with Gasteiger partial charge in [-0.3, -0.25) is 10.1 Å². The second-order valence-electron chi connectivity index (χ2n) is 9.95. The van der Waals surface area contributed by atoms with Gasteiger partial charge in [-0.25, -0.2) is 13.4 Å². The van der Waals surface area contributed by atoms with Crippen molar-refractivity contribution in [2.75, 3.05) is 26.1 Å². The van der Waals surface area contributed by atoms with E-state index in [1.807, 2.05) is 0 Å². The summed E-state index contributed by atoms with van der Waals surface area (Å²) in [6, 6.07) is 2.71. The molecule has 1 N–H and O–H groups in total. The van der Waals surface area contributed by atoms with E-state index in [4.69, 9.17) is 9.47 Å². The molecule has 2 heterocycles. The van der Waals surface area contributed by atoms with E-state index in [0.29, 0.717) is 43.3 Å². The number of hydrogen-bond donors (Lipinski definition) is 1. The number of rotatable bonds is 11. The van der Waals surface area contributed by atoms with Gasteiger partial charge < -0.3 is 14.5 Å². The molecule has 0 bridgehead atoms. The number of aromatic amines is 1. The summed E-state index contributed by atoms with van der Waals surface area (Å²) >= 11 is 0. The lowest BCUT2D eigenvalue weighted by Gasteiger charge is -2.30. The Kier molecular flexibility index (Phi) is 8.14. The molecular formula is C21H34N4O6SSi. The molecular weight excluding hydrogens is 464 g/mol. The van der Waals surface area contributed by atoms with Crippen molar-refractivity contribution in [3.05, 3.63) is 28.6 Å². The molecule has 184 valence electrons. The number of aromatic nitrogens is 2. The summed E-state index contributed by atoms with van der Waals surface area (Å²) in [7, 11) is -3.07. The van der Waals surface area contributed by atoms with Crippen molar-refractivity contribution in [2.45, 2.75) is 57.5 Å². The van der Waals surface area contributed by atoms with Gasteiger partial charge in [-0.1, -0.05) is 19.6 Å². The zero-order chi connectivity index (χ0) is 24.2. The Morgan fingerprint density at radius 1 is 1.27 bits per heavy atom. The number of H-pyrrole nitrogens is 1. The first-order valence-electron chi connectivity index (χ1n) is 11.2. The SMILES string of the molecule is CN(COCC[Si](C)(C)C)S(=O)(=O)CC1CCC(Oc2c([N+](=O)[O-])cnc3[nH]ccc23)CC1. The Morgan fingerprint density at radius 2 is 1.97 bits per heavy atom. The van der Waals surface area contributed by atoms with E-state index in [2.05, 4.69) is 29.6 Å². The van der Waals surface area contributed by atoms with Gasteiger partial charge >= 0.3 is 5.69 Å². The number of hydrogen-bond acceptors (Lipinski definition) is 7. The highest BCUT2D eigenvalue weighted by Crippen LogP contribution is 2.37. The molecule has 3 rings (SSSR count). The van der Waals surface area contributed by atoms with Crippen LogP contribution in [0.4, 0.5) is 5.69 Å². The minimum atomic E-state index is -3.41. The van der Waals surface area contributed by atoms with Crippen molar-refractivity contribution >= 4 is 34.8 Å². The maximum Gasteiger partial charge on any atom is 0.329 e. The molecule has 0 amide bonds. The lowest BCUT2D eigenvalue weighted by atomic mass is 9.88. The molecule has 10 nitrogen and oxygen atoms in total. The van der Waals surface area contributed by atoms with Gasteiger partial charge in [0, 0.05) is 27.9 Å². The quantitative estimate of drug-likeness (QED) is 0.163. The standard InChI is InChI=1S/C21H34N4O6SSi/c1-24(15-30-11-12-33(2,3)4)32(28,29)14-16-5-7-17(8-6-16)31-20-18-9-10-22-21(18)23-13-19(20)25(26)27/h9-10,13,16-17H,5-8,11-12,14-15H2,1-4H3,(H,22,23). The summed E-state index contributed by atoms with van der Waals surface area (Å²) in [5.41, 5.74) is 0.369. The molecule has 2 aromatic heterocycles. The van der Waals surface area contributed by atoms with Crippen molar-refractivity contribution in [2.24, 2.45) is 5.92 Å². The summed E-state index contributed by atoms with van der Waals surface area (Å²) < 4.78 is 38.4. The van der Waals surface area contributed by atoms with Crippen LogP contribution >= 0.6 is 0 Å². The maximum atomic E-state index is 12.7. The van der Waals surface area contributed by atoms with Crippen molar-refractivity contribution in [1.82, 2.24) is 14.3 Å². The van der Waals surface area contributed by atoms with Crippen LogP contribution < -0.4 is 4.74 Å². The van der Waals surface area contributed by atoms with Crippen LogP contribution in [-0.2, 0) is 14.8 Å². The minimum Gasteiger partial charge on any atom is -0.483 e. The maximum absolute atomic E-state index is 12.7. The van der Waals surface area contributed by atoms with E-state index in [1.165, 1.54) is 10.5 Å². The molecule has 0 saturated heterocycles. The third-order valence-electron chi connectivity index (χ3n) is 5.98. The molecule has 1 aliphatic carbocycles. The van der Waals surface area contributed by atoms with Crippen LogP contribution in [0.5, 0.6) is 5.75 Å². The van der Waals surface area contributed by atoms with Crippen LogP contribution in [0.1, 0.15) is 25.7 Å². The highest BCUT2D eigenvalue weighted by Gasteiger charge is 2.31. The van der Waals surface area contributed by atoms with E-state index in [0.717, 1.165) is 6.04 Å². The van der Waals surface area contributed by atoms with Crippen LogP contribution in [0, 0.1) is 16.0 Å². The van der Waals surface area contributed by atoms with Crippen molar-refractivity contribution in [3.63, 3.8) is 0 Å². The summed E-state index contributed by atoms with van der Waals surface area (Å²) in [4.78, 5) is 18.0. The van der Waals surface area contributed by atoms with Gasteiger partial charge in [0.15, 0.2) is 0 Å². The predicted molar refractivity (Wildman–Crippen MR) is 130 cm³/mol. The van der Waals surface area contributed by atoms with E-state index < -0.39 is 23.0 Å². The second kappa shape index (κ2) is 10.5. The first-order valence-corrected chi connectivity index (χ1v) is 16.6. The van der Waals surface area contributed by atoms with Gasteiger partial charge in [0.25, 0.3) is 0 Å². The lowest BCUT2D eigenvalue weighted by Crippen LogP contribution is -2.36. The molecule has 1 saturated carbocycles. The van der Waals surface area contributed by atoms with Crippen LogP contribution in [0.3, 0.4) is 0 Å². The van der Waals surface area contributed by atoms with E-state index in [1.54, 1.807) is 19.3 Å². The topological polar surface area (TPSA) is 128 Å². The van der Waals surface area contributed by atoms with E-state index in [9.17, 15) is 18.5 Å². The number of nitrogens with one attached hydrogen (secondary N) is 1. The average molecular weight is 499 g/mol. The fourth-order valence-corrected chi connectivity index (χ4v) is 6.06. The Morgan fingerprint density at radius 3 is 2.61 bits per heavy atom. The molecule has 0 spiro atoms. The van der Waals surface area contributed by atoms with E-state index >= 15 is 0 Å². The normalized spacial score (nSPS) is 19.8. The molecule has 0 aromatic carbocycles. The van der Waals surface area contributed by atoms with Crippen LogP contribution in [0.2, 0.25) is 25.7 Å². The molecule has 0 radical (unpaired) electrons. The zero-order valence-corrected chi connectivity index (χ0v) is 21.6. The molecule has 0 aliphatic heterocycles. The zero-order valence-electron chi connectivity index (χ0n) is 19.7. The Hall–Kier alpha value is -2.02. The number of pyridine rings is 1. The number of fused-ring (bicyclic) bond motifs is 1. The van der Waals surface area contributed by atoms with Gasteiger partial charge in [-0.15, -0.1) is 0 Å². The summed E-state index contributed by atoms with van der Waals surface area (Å²) in [5, 5.41) is 12.0. The van der Waals surface area contributed by atoms with Gasteiger partial charge in [-0.2, -0.15) is 4.31 Å². The van der Waals surface area contributed by atoms with Crippen molar-refractivity contribution in [3.8, 4) is 5.75 Å². The van der Waals surface area contributed by atoms with Crippen LogP contribution in [-0.4, -0.2) is 67.9 Å². The summed E-state index contributed by atoms with van der Waals surface area (Å²) in [5.74, 6) is 0.321. The highest BCUT2D eigenvalue weighted by atomic mass is 32.2. The molecule has 12 heteroatoms. The molecule has 2 aromatic rings. The van der Waals surface area contributed by atoms with Gasteiger partial charge in [0.1, 0.15) is 18.6 Å². The van der Waals surface area contributed by atoms with E-state index in [-0.39, 0.29) is 35.9 Å². The number of nitrogens with zero attached hydrogens (tertiary/aromatic N) is 3.